The molecule has 1 amide bonds. The Kier molecular flexibility index (Phi) is 4.40. The summed E-state index contributed by atoms with van der Waals surface area (Å²) in [6, 6.07) is 7.70. The maximum Gasteiger partial charge on any atom is 0.253 e. The molecule has 1 aromatic heterocycles. The van der Waals surface area contributed by atoms with Crippen LogP contribution in [0, 0.1) is 0 Å². The van der Waals surface area contributed by atoms with E-state index in [2.05, 4.69) is 20.8 Å². The van der Waals surface area contributed by atoms with Crippen LogP contribution in [0.3, 0.4) is 0 Å². The zero-order valence-electron chi connectivity index (χ0n) is 12.0. The van der Waals surface area contributed by atoms with Crippen LogP contribution in [-0.4, -0.2) is 22.1 Å². The van der Waals surface area contributed by atoms with E-state index < -0.39 is 0 Å². The number of rotatable bonds is 5. The smallest absolute Gasteiger partial charge is 0.253 e. The van der Waals surface area contributed by atoms with Gasteiger partial charge in [0.2, 0.25) is 0 Å². The summed E-state index contributed by atoms with van der Waals surface area (Å²) in [7, 11) is 0. The molecule has 5 heteroatoms. The second-order valence-corrected chi connectivity index (χ2v) is 5.07. The van der Waals surface area contributed by atoms with E-state index in [0.29, 0.717) is 5.56 Å². The van der Waals surface area contributed by atoms with Gasteiger partial charge in [-0.1, -0.05) is 12.1 Å². The first-order valence-corrected chi connectivity index (χ1v) is 6.73. The number of benzene rings is 1. The summed E-state index contributed by atoms with van der Waals surface area (Å²) in [6.07, 6.45) is 3.49. The first-order chi connectivity index (χ1) is 9.58. The average molecular weight is 272 g/mol. The molecule has 1 unspecified atom stereocenters. The summed E-state index contributed by atoms with van der Waals surface area (Å²) in [4.78, 5) is 12.4. The van der Waals surface area contributed by atoms with Crippen LogP contribution in [0.25, 0.3) is 0 Å². The van der Waals surface area contributed by atoms with E-state index in [1.54, 1.807) is 12.4 Å². The Bertz CT molecular complexity index is 563. The van der Waals surface area contributed by atoms with Crippen molar-refractivity contribution in [3.63, 3.8) is 0 Å². The third kappa shape index (κ3) is 3.38. The van der Waals surface area contributed by atoms with E-state index in [0.717, 1.165) is 11.3 Å². The highest BCUT2D eigenvalue weighted by Crippen LogP contribution is 2.18. The van der Waals surface area contributed by atoms with Crippen LogP contribution < -0.4 is 10.6 Å². The summed E-state index contributed by atoms with van der Waals surface area (Å²) in [5, 5.41) is 12.9. The molecule has 20 heavy (non-hydrogen) atoms. The lowest BCUT2D eigenvalue weighted by Gasteiger charge is -2.17. The number of aromatic nitrogens is 2. The van der Waals surface area contributed by atoms with Crippen molar-refractivity contribution in [1.82, 2.24) is 15.5 Å². The van der Waals surface area contributed by atoms with Crippen LogP contribution in [0.15, 0.2) is 36.7 Å². The van der Waals surface area contributed by atoms with Crippen molar-refractivity contribution < 1.29 is 4.79 Å². The normalized spacial score (nSPS) is 12.2. The Balaban J connectivity index is 2.13. The van der Waals surface area contributed by atoms with Crippen molar-refractivity contribution in [3.8, 4) is 0 Å². The third-order valence-corrected chi connectivity index (χ3v) is 2.98. The van der Waals surface area contributed by atoms with Gasteiger partial charge in [0.05, 0.1) is 17.8 Å². The average Bonchev–Trinajstić information content (AvgIpc) is 2.92. The number of hydrogen-bond donors (Lipinski definition) is 3. The minimum atomic E-state index is -0.0950. The number of hydrogen-bond acceptors (Lipinski definition) is 3. The Hall–Kier alpha value is -2.30. The van der Waals surface area contributed by atoms with Gasteiger partial charge in [-0.25, -0.2) is 0 Å². The fourth-order valence-corrected chi connectivity index (χ4v) is 1.97. The molecule has 0 saturated carbocycles. The Morgan fingerprint density at radius 3 is 2.65 bits per heavy atom. The predicted molar refractivity (Wildman–Crippen MR) is 79.7 cm³/mol. The summed E-state index contributed by atoms with van der Waals surface area (Å²) < 4.78 is 0. The van der Waals surface area contributed by atoms with Gasteiger partial charge >= 0.3 is 0 Å². The molecule has 0 aliphatic heterocycles. The van der Waals surface area contributed by atoms with Gasteiger partial charge in [0.25, 0.3) is 5.91 Å². The van der Waals surface area contributed by atoms with E-state index in [4.69, 9.17) is 0 Å². The molecule has 0 fully saturated rings. The van der Waals surface area contributed by atoms with Crippen molar-refractivity contribution >= 4 is 11.6 Å². The van der Waals surface area contributed by atoms with Crippen LogP contribution >= 0.6 is 0 Å². The zero-order valence-corrected chi connectivity index (χ0v) is 12.0. The summed E-state index contributed by atoms with van der Waals surface area (Å²) in [5.41, 5.74) is 2.45. The van der Waals surface area contributed by atoms with Crippen LogP contribution in [-0.2, 0) is 0 Å². The molecule has 106 valence electrons. The molecule has 2 aromatic rings. The van der Waals surface area contributed by atoms with Crippen molar-refractivity contribution in [3.05, 3.63) is 47.8 Å². The second kappa shape index (κ2) is 6.23. The lowest BCUT2D eigenvalue weighted by atomic mass is 10.1. The molecule has 0 bridgehead atoms. The first-order valence-electron chi connectivity index (χ1n) is 6.73. The quantitative estimate of drug-likeness (QED) is 0.783. The Labute approximate surface area is 118 Å². The van der Waals surface area contributed by atoms with Gasteiger partial charge < -0.3 is 10.6 Å². The van der Waals surface area contributed by atoms with Gasteiger partial charge in [-0.2, -0.15) is 5.10 Å². The number of para-hydroxylation sites is 1. The van der Waals surface area contributed by atoms with Gasteiger partial charge in [-0.3, -0.25) is 9.89 Å². The molecule has 5 nitrogen and oxygen atoms in total. The van der Waals surface area contributed by atoms with Crippen LogP contribution in [0.1, 0.15) is 42.7 Å². The van der Waals surface area contributed by atoms with Gasteiger partial charge in [0, 0.05) is 23.5 Å². The highest BCUT2D eigenvalue weighted by Gasteiger charge is 2.15. The fourth-order valence-electron chi connectivity index (χ4n) is 1.97. The van der Waals surface area contributed by atoms with Gasteiger partial charge in [-0.15, -0.1) is 0 Å². The zero-order chi connectivity index (χ0) is 14.5. The molecule has 0 spiro atoms. The van der Waals surface area contributed by atoms with E-state index in [9.17, 15) is 4.79 Å². The monoisotopic (exact) mass is 272 g/mol. The number of anilines is 1. The standard InChI is InChI=1S/C15H20N4O/c1-10(2)18-14-7-5-4-6-13(14)15(20)19-11(3)12-8-16-17-9-12/h4-11,18H,1-3H3,(H,16,17)(H,19,20). The molecule has 2 rings (SSSR count). The van der Waals surface area contributed by atoms with Crippen molar-refractivity contribution in [1.29, 1.82) is 0 Å². The fraction of sp³-hybridized carbons (Fsp3) is 0.333. The van der Waals surface area contributed by atoms with Gasteiger partial charge in [-0.05, 0) is 32.9 Å². The molecule has 1 atom stereocenters. The van der Waals surface area contributed by atoms with Crippen LogP contribution in [0.4, 0.5) is 5.69 Å². The van der Waals surface area contributed by atoms with E-state index in [-0.39, 0.29) is 18.0 Å². The Morgan fingerprint density at radius 1 is 1.25 bits per heavy atom. The molecule has 0 aliphatic rings. The highest BCUT2D eigenvalue weighted by atomic mass is 16.1. The largest absolute Gasteiger partial charge is 0.382 e. The molecule has 0 radical (unpaired) electrons. The summed E-state index contributed by atoms with van der Waals surface area (Å²) >= 11 is 0. The SMILES string of the molecule is CC(C)Nc1ccccc1C(=O)NC(C)c1cn[nH]c1. The highest BCUT2D eigenvalue weighted by molar-refractivity contribution is 5.99. The van der Waals surface area contributed by atoms with E-state index in [1.165, 1.54) is 0 Å². The van der Waals surface area contributed by atoms with E-state index >= 15 is 0 Å². The number of aromatic amines is 1. The summed E-state index contributed by atoms with van der Waals surface area (Å²) in [5.74, 6) is -0.0950. The minimum Gasteiger partial charge on any atom is -0.382 e. The van der Waals surface area contributed by atoms with Gasteiger partial charge in [0.1, 0.15) is 0 Å². The summed E-state index contributed by atoms with van der Waals surface area (Å²) in [6.45, 7) is 6.02. The molecular weight excluding hydrogens is 252 g/mol. The maximum atomic E-state index is 12.4. The number of carbonyl (C=O) groups is 1. The number of carbonyl (C=O) groups excluding carboxylic acids is 1. The molecule has 1 aromatic carbocycles. The second-order valence-electron chi connectivity index (χ2n) is 5.07. The van der Waals surface area contributed by atoms with Crippen molar-refractivity contribution in [2.24, 2.45) is 0 Å². The van der Waals surface area contributed by atoms with Crippen LogP contribution in [0.5, 0.6) is 0 Å². The lowest BCUT2D eigenvalue weighted by Crippen LogP contribution is -2.27. The molecule has 0 saturated heterocycles. The van der Waals surface area contributed by atoms with Crippen LogP contribution in [0.2, 0.25) is 0 Å². The Morgan fingerprint density at radius 2 is 2.00 bits per heavy atom. The number of amides is 1. The van der Waals surface area contributed by atoms with E-state index in [1.807, 2.05) is 45.0 Å². The van der Waals surface area contributed by atoms with Gasteiger partial charge in [0.15, 0.2) is 0 Å². The molecule has 1 heterocycles. The first kappa shape index (κ1) is 14.1. The number of nitrogens with one attached hydrogen (secondary N) is 3. The topological polar surface area (TPSA) is 69.8 Å². The lowest BCUT2D eigenvalue weighted by molar-refractivity contribution is 0.0940. The molecular formula is C15H20N4O. The van der Waals surface area contributed by atoms with Crippen molar-refractivity contribution in [2.75, 3.05) is 5.32 Å². The molecule has 0 aliphatic carbocycles. The minimum absolute atomic E-state index is 0.0895. The van der Waals surface area contributed by atoms with Crippen molar-refractivity contribution in [2.45, 2.75) is 32.9 Å². The predicted octanol–water partition coefficient (Wildman–Crippen LogP) is 2.72. The molecule has 3 N–H and O–H groups in total. The maximum absolute atomic E-state index is 12.4. The number of nitrogens with zero attached hydrogens (tertiary/aromatic N) is 1. The number of H-pyrrole nitrogens is 1. The third-order valence-electron chi connectivity index (χ3n) is 2.98.